The molecule has 2 nitrogen and oxygen atoms in total. The second kappa shape index (κ2) is 4.78. The van der Waals surface area contributed by atoms with E-state index < -0.39 is 0 Å². The van der Waals surface area contributed by atoms with Crippen molar-refractivity contribution in [2.24, 2.45) is 0 Å². The van der Waals surface area contributed by atoms with Crippen LogP contribution in [0.15, 0.2) is 47.2 Å². The molecule has 0 saturated heterocycles. The Morgan fingerprint density at radius 3 is 2.94 bits per heavy atom. The number of benzene rings is 1. The molecule has 0 aliphatic carbocycles. The third-order valence-electron chi connectivity index (χ3n) is 2.92. The van der Waals surface area contributed by atoms with Gasteiger partial charge in [0.2, 0.25) is 0 Å². The highest BCUT2D eigenvalue weighted by molar-refractivity contribution is 7.07. The Morgan fingerprint density at radius 2 is 2.11 bits per heavy atom. The van der Waals surface area contributed by atoms with E-state index in [0.29, 0.717) is 0 Å². The van der Waals surface area contributed by atoms with Crippen LogP contribution in [0, 0.1) is 6.92 Å². The van der Waals surface area contributed by atoms with Gasteiger partial charge in [0.1, 0.15) is 0 Å². The lowest BCUT2D eigenvalue weighted by atomic mass is 10.1. The maximum absolute atomic E-state index is 4.62. The number of nitrogens with one attached hydrogen (secondary N) is 1. The first-order valence-electron chi connectivity index (χ1n) is 5.94. The van der Waals surface area contributed by atoms with Crippen molar-refractivity contribution in [3.8, 4) is 0 Å². The molecule has 0 spiro atoms. The van der Waals surface area contributed by atoms with E-state index in [2.05, 4.69) is 51.4 Å². The van der Waals surface area contributed by atoms with Crippen LogP contribution in [0.1, 0.15) is 11.3 Å². The molecule has 3 rings (SSSR count). The van der Waals surface area contributed by atoms with Gasteiger partial charge in [0.05, 0.1) is 11.2 Å². The summed E-state index contributed by atoms with van der Waals surface area (Å²) in [4.78, 5) is 4.62. The summed E-state index contributed by atoms with van der Waals surface area (Å²) in [6.07, 6.45) is 0. The molecule has 1 aromatic carbocycles. The Balaban J connectivity index is 1.93. The first kappa shape index (κ1) is 11.2. The number of nitrogens with zero attached hydrogens (tertiary/aromatic N) is 1. The van der Waals surface area contributed by atoms with Crippen LogP contribution >= 0.6 is 11.3 Å². The van der Waals surface area contributed by atoms with Crippen LogP contribution in [0.25, 0.3) is 10.9 Å². The predicted molar refractivity (Wildman–Crippen MR) is 78.1 cm³/mol. The lowest BCUT2D eigenvalue weighted by Gasteiger charge is -2.08. The van der Waals surface area contributed by atoms with E-state index in [1.54, 1.807) is 11.3 Å². The van der Waals surface area contributed by atoms with Crippen LogP contribution < -0.4 is 5.32 Å². The minimum atomic E-state index is 0.845. The highest BCUT2D eigenvalue weighted by atomic mass is 32.1. The van der Waals surface area contributed by atoms with Crippen LogP contribution in [0.3, 0.4) is 0 Å². The molecule has 0 aliphatic heterocycles. The zero-order valence-corrected chi connectivity index (χ0v) is 11.0. The van der Waals surface area contributed by atoms with E-state index in [9.17, 15) is 0 Å². The van der Waals surface area contributed by atoms with Gasteiger partial charge in [0.15, 0.2) is 0 Å². The molecule has 1 N–H and O–H groups in total. The van der Waals surface area contributed by atoms with Crippen LogP contribution in [0.2, 0.25) is 0 Å². The van der Waals surface area contributed by atoms with Gasteiger partial charge in [-0.15, -0.1) is 0 Å². The van der Waals surface area contributed by atoms with Crippen molar-refractivity contribution in [3.63, 3.8) is 0 Å². The zero-order valence-electron chi connectivity index (χ0n) is 10.2. The van der Waals surface area contributed by atoms with Gasteiger partial charge in [-0.2, -0.15) is 11.3 Å². The van der Waals surface area contributed by atoms with Gasteiger partial charge < -0.3 is 5.32 Å². The average molecular weight is 254 g/mol. The number of pyridine rings is 1. The fourth-order valence-electron chi connectivity index (χ4n) is 1.98. The molecular weight excluding hydrogens is 240 g/mol. The average Bonchev–Trinajstić information content (AvgIpc) is 2.89. The van der Waals surface area contributed by atoms with Gasteiger partial charge >= 0.3 is 0 Å². The summed E-state index contributed by atoms with van der Waals surface area (Å²) in [6.45, 7) is 2.87. The summed E-state index contributed by atoms with van der Waals surface area (Å²) < 4.78 is 0. The minimum absolute atomic E-state index is 0.845. The number of hydrogen-bond donors (Lipinski definition) is 1. The smallest absolute Gasteiger partial charge is 0.0936 e. The lowest BCUT2D eigenvalue weighted by Crippen LogP contribution is -1.99. The summed E-state index contributed by atoms with van der Waals surface area (Å²) >= 11 is 1.73. The molecule has 2 heterocycles. The van der Waals surface area contributed by atoms with Crippen LogP contribution in [-0.4, -0.2) is 4.98 Å². The zero-order chi connectivity index (χ0) is 12.4. The highest BCUT2D eigenvalue weighted by Crippen LogP contribution is 2.22. The van der Waals surface area contributed by atoms with Gasteiger partial charge in [0, 0.05) is 17.6 Å². The van der Waals surface area contributed by atoms with E-state index in [1.807, 2.05) is 13.0 Å². The standard InChI is InChI=1S/C15H14N2S/c1-11-5-6-13-3-2-4-14(15(13)17-11)16-9-12-7-8-18-10-12/h2-8,10,16H,9H2,1H3. The molecule has 0 unspecified atom stereocenters. The number of aromatic nitrogens is 1. The van der Waals surface area contributed by atoms with Crippen molar-refractivity contribution >= 4 is 27.9 Å². The molecule has 0 fully saturated rings. The van der Waals surface area contributed by atoms with Gasteiger partial charge in [0.25, 0.3) is 0 Å². The van der Waals surface area contributed by atoms with Crippen molar-refractivity contribution in [3.05, 3.63) is 58.4 Å². The summed E-state index contributed by atoms with van der Waals surface area (Å²) in [6, 6.07) is 12.5. The molecule has 0 atom stereocenters. The maximum Gasteiger partial charge on any atom is 0.0936 e. The number of rotatable bonds is 3. The molecule has 2 aromatic heterocycles. The Labute approximate surface area is 110 Å². The molecule has 18 heavy (non-hydrogen) atoms. The first-order valence-corrected chi connectivity index (χ1v) is 6.88. The molecular formula is C15H14N2S. The van der Waals surface area contributed by atoms with Crippen molar-refractivity contribution in [2.75, 3.05) is 5.32 Å². The summed E-state index contributed by atoms with van der Waals surface area (Å²) in [5.41, 5.74) is 4.51. The first-order chi connectivity index (χ1) is 8.83. The van der Waals surface area contributed by atoms with Crippen molar-refractivity contribution < 1.29 is 0 Å². The molecule has 90 valence electrons. The molecule has 3 heteroatoms. The largest absolute Gasteiger partial charge is 0.379 e. The van der Waals surface area contributed by atoms with Crippen LogP contribution in [0.5, 0.6) is 0 Å². The maximum atomic E-state index is 4.62. The Morgan fingerprint density at radius 1 is 1.17 bits per heavy atom. The third-order valence-corrected chi connectivity index (χ3v) is 3.65. The quantitative estimate of drug-likeness (QED) is 0.757. The number of aryl methyl sites for hydroxylation is 1. The monoisotopic (exact) mass is 254 g/mol. The van der Waals surface area contributed by atoms with Crippen molar-refractivity contribution in [1.82, 2.24) is 4.98 Å². The van der Waals surface area contributed by atoms with Gasteiger partial charge in [-0.3, -0.25) is 4.98 Å². The van der Waals surface area contributed by atoms with Crippen LogP contribution in [-0.2, 0) is 6.54 Å². The second-order valence-corrected chi connectivity index (χ2v) is 5.10. The molecule has 0 aliphatic rings. The summed E-state index contributed by atoms with van der Waals surface area (Å²) in [5.74, 6) is 0. The molecule has 0 amide bonds. The van der Waals surface area contributed by atoms with E-state index in [-0.39, 0.29) is 0 Å². The van der Waals surface area contributed by atoms with E-state index in [1.165, 1.54) is 10.9 Å². The third kappa shape index (κ3) is 2.22. The van der Waals surface area contributed by atoms with Gasteiger partial charge in [-0.25, -0.2) is 0 Å². The van der Waals surface area contributed by atoms with Crippen molar-refractivity contribution in [1.29, 1.82) is 0 Å². The Kier molecular flexibility index (Phi) is 2.99. The van der Waals surface area contributed by atoms with E-state index in [4.69, 9.17) is 0 Å². The number of para-hydroxylation sites is 1. The SMILES string of the molecule is Cc1ccc2cccc(NCc3ccsc3)c2n1. The van der Waals surface area contributed by atoms with Gasteiger partial charge in [-0.1, -0.05) is 18.2 Å². The summed E-state index contributed by atoms with van der Waals surface area (Å²) in [5, 5.41) is 8.90. The number of hydrogen-bond acceptors (Lipinski definition) is 3. The molecule has 0 radical (unpaired) electrons. The van der Waals surface area contributed by atoms with Crippen LogP contribution in [0.4, 0.5) is 5.69 Å². The Bertz CT molecular complexity index is 659. The van der Waals surface area contributed by atoms with E-state index >= 15 is 0 Å². The highest BCUT2D eigenvalue weighted by Gasteiger charge is 2.02. The molecule has 3 aromatic rings. The Hall–Kier alpha value is -1.87. The van der Waals surface area contributed by atoms with Crippen molar-refractivity contribution in [2.45, 2.75) is 13.5 Å². The molecule has 0 saturated carbocycles. The van der Waals surface area contributed by atoms with E-state index in [0.717, 1.165) is 23.4 Å². The lowest BCUT2D eigenvalue weighted by molar-refractivity contribution is 1.16. The summed E-state index contributed by atoms with van der Waals surface area (Å²) in [7, 11) is 0. The minimum Gasteiger partial charge on any atom is -0.379 e. The number of thiophene rings is 1. The van der Waals surface area contributed by atoms with Gasteiger partial charge in [-0.05, 0) is 41.4 Å². The fraction of sp³-hybridized carbons (Fsp3) is 0.133. The predicted octanol–water partition coefficient (Wildman–Crippen LogP) is 4.22. The molecule has 0 bridgehead atoms. The number of anilines is 1. The fourth-order valence-corrected chi connectivity index (χ4v) is 2.65. The normalized spacial score (nSPS) is 10.7. The topological polar surface area (TPSA) is 24.9 Å². The number of fused-ring (bicyclic) bond motifs is 1. The second-order valence-electron chi connectivity index (χ2n) is 4.32.